The van der Waals surface area contributed by atoms with E-state index in [1.165, 1.54) is 11.1 Å². The summed E-state index contributed by atoms with van der Waals surface area (Å²) in [4.78, 5) is 2.31. The van der Waals surface area contributed by atoms with Crippen molar-refractivity contribution < 1.29 is 0 Å². The first-order valence-electron chi connectivity index (χ1n) is 6.34. The minimum absolute atomic E-state index is 0.241. The summed E-state index contributed by atoms with van der Waals surface area (Å²) in [5.41, 5.74) is 2.54. The molecule has 0 aliphatic rings. The second-order valence-electron chi connectivity index (χ2n) is 4.57. The maximum Gasteiger partial charge on any atom is 0.0599 e. The minimum Gasteiger partial charge on any atom is -0.295 e. The topological polar surface area (TPSA) is 3.24 Å². The molecule has 0 N–H and O–H groups in total. The SMILES string of the molecule is CN(CCS)C(c1ccccc1)c1ccc(Cl)cc1. The van der Waals surface area contributed by atoms with Gasteiger partial charge in [0.2, 0.25) is 0 Å². The Morgan fingerprint density at radius 1 is 1.00 bits per heavy atom. The fraction of sp³-hybridized carbons (Fsp3) is 0.250. The molecule has 0 saturated heterocycles. The Morgan fingerprint density at radius 2 is 1.58 bits per heavy atom. The molecule has 3 heteroatoms. The lowest BCUT2D eigenvalue weighted by molar-refractivity contribution is 0.297. The second-order valence-corrected chi connectivity index (χ2v) is 5.45. The summed E-state index contributed by atoms with van der Waals surface area (Å²) in [5.74, 6) is 0.841. The molecule has 2 aromatic rings. The first-order chi connectivity index (χ1) is 9.22. The summed E-state index contributed by atoms with van der Waals surface area (Å²) in [7, 11) is 2.13. The number of rotatable bonds is 5. The zero-order valence-electron chi connectivity index (χ0n) is 11.0. The Balaban J connectivity index is 2.37. The van der Waals surface area contributed by atoms with Gasteiger partial charge in [0.25, 0.3) is 0 Å². The molecular formula is C16H18ClNS. The number of nitrogens with zero attached hydrogens (tertiary/aromatic N) is 1. The van der Waals surface area contributed by atoms with Crippen LogP contribution in [0.4, 0.5) is 0 Å². The van der Waals surface area contributed by atoms with Crippen molar-refractivity contribution in [2.45, 2.75) is 6.04 Å². The number of benzene rings is 2. The van der Waals surface area contributed by atoms with Crippen molar-refractivity contribution in [3.8, 4) is 0 Å². The number of halogens is 1. The Labute approximate surface area is 125 Å². The van der Waals surface area contributed by atoms with Crippen molar-refractivity contribution in [2.75, 3.05) is 19.3 Å². The zero-order valence-corrected chi connectivity index (χ0v) is 12.6. The third-order valence-electron chi connectivity index (χ3n) is 3.19. The third-order valence-corrected chi connectivity index (χ3v) is 3.65. The second kappa shape index (κ2) is 6.99. The molecule has 0 fully saturated rings. The van der Waals surface area contributed by atoms with Crippen LogP contribution in [-0.4, -0.2) is 24.2 Å². The van der Waals surface area contributed by atoms with E-state index in [1.54, 1.807) is 0 Å². The van der Waals surface area contributed by atoms with Crippen molar-refractivity contribution in [1.82, 2.24) is 4.90 Å². The van der Waals surface area contributed by atoms with Crippen LogP contribution >= 0.6 is 24.2 Å². The molecule has 0 aromatic heterocycles. The maximum absolute atomic E-state index is 5.98. The highest BCUT2D eigenvalue weighted by Gasteiger charge is 2.18. The van der Waals surface area contributed by atoms with E-state index >= 15 is 0 Å². The first kappa shape index (κ1) is 14.4. The zero-order chi connectivity index (χ0) is 13.7. The molecule has 0 heterocycles. The largest absolute Gasteiger partial charge is 0.295 e. The summed E-state index contributed by atoms with van der Waals surface area (Å²) in [5, 5.41) is 0.771. The number of hydrogen-bond donors (Lipinski definition) is 1. The van der Waals surface area contributed by atoms with Gasteiger partial charge in [-0.2, -0.15) is 12.6 Å². The molecule has 0 aliphatic heterocycles. The van der Waals surface area contributed by atoms with Gasteiger partial charge in [0.05, 0.1) is 6.04 Å². The van der Waals surface area contributed by atoms with Crippen molar-refractivity contribution >= 4 is 24.2 Å². The van der Waals surface area contributed by atoms with Gasteiger partial charge in [0, 0.05) is 17.3 Å². The van der Waals surface area contributed by atoms with Crippen LogP contribution in [0.25, 0.3) is 0 Å². The van der Waals surface area contributed by atoms with E-state index in [0.29, 0.717) is 0 Å². The number of hydrogen-bond acceptors (Lipinski definition) is 2. The highest BCUT2D eigenvalue weighted by molar-refractivity contribution is 7.80. The molecule has 0 bridgehead atoms. The van der Waals surface area contributed by atoms with Gasteiger partial charge >= 0.3 is 0 Å². The molecule has 2 rings (SSSR count). The summed E-state index contributed by atoms with van der Waals surface area (Å²) < 4.78 is 0. The van der Waals surface area contributed by atoms with Crippen molar-refractivity contribution in [1.29, 1.82) is 0 Å². The predicted molar refractivity (Wildman–Crippen MR) is 86.2 cm³/mol. The van der Waals surface area contributed by atoms with Crippen molar-refractivity contribution in [3.63, 3.8) is 0 Å². The van der Waals surface area contributed by atoms with Crippen LogP contribution in [0.3, 0.4) is 0 Å². The van der Waals surface area contributed by atoms with E-state index in [0.717, 1.165) is 17.3 Å². The lowest BCUT2D eigenvalue weighted by Gasteiger charge is -2.28. The maximum atomic E-state index is 5.98. The van der Waals surface area contributed by atoms with Gasteiger partial charge in [-0.05, 0) is 30.3 Å². The van der Waals surface area contributed by atoms with Gasteiger partial charge in [0.15, 0.2) is 0 Å². The summed E-state index contributed by atoms with van der Waals surface area (Å²) in [6, 6.07) is 18.8. The minimum atomic E-state index is 0.241. The average Bonchev–Trinajstić information content (AvgIpc) is 2.43. The molecule has 100 valence electrons. The molecule has 1 atom stereocenters. The van der Waals surface area contributed by atoms with E-state index in [2.05, 4.69) is 61.0 Å². The molecule has 19 heavy (non-hydrogen) atoms. The van der Waals surface area contributed by atoms with Gasteiger partial charge in [-0.25, -0.2) is 0 Å². The van der Waals surface area contributed by atoms with Crippen LogP contribution in [0, 0.1) is 0 Å². The highest BCUT2D eigenvalue weighted by Crippen LogP contribution is 2.28. The predicted octanol–water partition coefficient (Wildman–Crippen LogP) is 4.29. The van der Waals surface area contributed by atoms with E-state index < -0.39 is 0 Å². The molecule has 0 saturated carbocycles. The van der Waals surface area contributed by atoms with Crippen LogP contribution in [0.1, 0.15) is 17.2 Å². The number of thiol groups is 1. The molecule has 1 nitrogen and oxygen atoms in total. The van der Waals surface area contributed by atoms with Crippen LogP contribution in [0.2, 0.25) is 5.02 Å². The molecule has 0 aliphatic carbocycles. The first-order valence-corrected chi connectivity index (χ1v) is 7.35. The Hall–Kier alpha value is -0.960. The van der Waals surface area contributed by atoms with Crippen LogP contribution < -0.4 is 0 Å². The fourth-order valence-corrected chi connectivity index (χ4v) is 2.71. The highest BCUT2D eigenvalue weighted by atomic mass is 35.5. The molecule has 0 spiro atoms. The van der Waals surface area contributed by atoms with Gasteiger partial charge in [-0.1, -0.05) is 54.1 Å². The lowest BCUT2D eigenvalue weighted by Crippen LogP contribution is -2.27. The van der Waals surface area contributed by atoms with Crippen LogP contribution in [0.5, 0.6) is 0 Å². The van der Waals surface area contributed by atoms with Gasteiger partial charge in [-0.15, -0.1) is 0 Å². The standard InChI is InChI=1S/C16H18ClNS/c1-18(11-12-19)16(13-5-3-2-4-6-13)14-7-9-15(17)10-8-14/h2-10,16,19H,11-12H2,1H3. The molecule has 1 unspecified atom stereocenters. The van der Waals surface area contributed by atoms with Crippen molar-refractivity contribution in [2.24, 2.45) is 0 Å². The lowest BCUT2D eigenvalue weighted by atomic mass is 9.97. The van der Waals surface area contributed by atoms with Gasteiger partial charge < -0.3 is 0 Å². The molecule has 0 radical (unpaired) electrons. The smallest absolute Gasteiger partial charge is 0.0599 e. The van der Waals surface area contributed by atoms with Gasteiger partial charge in [-0.3, -0.25) is 4.90 Å². The summed E-state index contributed by atoms with van der Waals surface area (Å²) in [6.45, 7) is 0.936. The van der Waals surface area contributed by atoms with Crippen LogP contribution in [0.15, 0.2) is 54.6 Å². The Kier molecular flexibility index (Phi) is 5.32. The molecule has 2 aromatic carbocycles. The third kappa shape index (κ3) is 3.75. The Bertz CT molecular complexity index is 498. The molecular weight excluding hydrogens is 274 g/mol. The monoisotopic (exact) mass is 291 g/mol. The summed E-state index contributed by atoms with van der Waals surface area (Å²) in [6.07, 6.45) is 0. The van der Waals surface area contributed by atoms with E-state index in [4.69, 9.17) is 11.6 Å². The van der Waals surface area contributed by atoms with E-state index in [1.807, 2.05) is 18.2 Å². The molecule has 0 amide bonds. The van der Waals surface area contributed by atoms with Gasteiger partial charge in [0.1, 0.15) is 0 Å². The Morgan fingerprint density at radius 3 is 2.16 bits per heavy atom. The fourth-order valence-electron chi connectivity index (χ4n) is 2.27. The normalized spacial score (nSPS) is 12.6. The average molecular weight is 292 g/mol. The summed E-state index contributed by atoms with van der Waals surface area (Å²) >= 11 is 10.3. The van der Waals surface area contributed by atoms with E-state index in [9.17, 15) is 0 Å². The quantitative estimate of drug-likeness (QED) is 0.804. The van der Waals surface area contributed by atoms with Crippen molar-refractivity contribution in [3.05, 3.63) is 70.7 Å². The van der Waals surface area contributed by atoms with E-state index in [-0.39, 0.29) is 6.04 Å². The van der Waals surface area contributed by atoms with Crippen LogP contribution in [-0.2, 0) is 0 Å².